The molecule has 152 valence electrons. The summed E-state index contributed by atoms with van der Waals surface area (Å²) in [6.45, 7) is 6.66. The minimum absolute atomic E-state index is 0. The van der Waals surface area contributed by atoms with Crippen LogP contribution in [0.3, 0.4) is 0 Å². The van der Waals surface area contributed by atoms with Crippen molar-refractivity contribution < 1.29 is 56.5 Å². The summed E-state index contributed by atoms with van der Waals surface area (Å²) < 4.78 is 0. The molecule has 27 heavy (non-hydrogen) atoms. The summed E-state index contributed by atoms with van der Waals surface area (Å²) in [5.74, 6) is 0. The Kier molecular flexibility index (Phi) is 40.6. The fourth-order valence-corrected chi connectivity index (χ4v) is 2.35. The second-order valence-corrected chi connectivity index (χ2v) is 6.44. The zero-order chi connectivity index (χ0) is 19.6. The van der Waals surface area contributed by atoms with E-state index in [0.717, 1.165) is 19.3 Å². The van der Waals surface area contributed by atoms with Crippen LogP contribution in [0.1, 0.15) is 84.0 Å². The van der Waals surface area contributed by atoms with Gasteiger partial charge < -0.3 is 10.4 Å². The van der Waals surface area contributed by atoms with Crippen molar-refractivity contribution in [1.29, 1.82) is 0 Å². The van der Waals surface area contributed by atoms with Gasteiger partial charge in [0, 0.05) is 6.61 Å². The minimum atomic E-state index is 0. The van der Waals surface area contributed by atoms with E-state index in [4.69, 9.17) is 5.11 Å². The van der Waals surface area contributed by atoms with Gasteiger partial charge in [-0.15, -0.1) is 13.1 Å². The van der Waals surface area contributed by atoms with Gasteiger partial charge in [0.1, 0.15) is 0 Å². The van der Waals surface area contributed by atoms with E-state index in [1.165, 1.54) is 57.8 Å². The van der Waals surface area contributed by atoms with Crippen LogP contribution in [0.5, 0.6) is 0 Å². The maximum Gasteiger partial charge on any atom is 1.00 e. The molecule has 0 aromatic rings. The third-order valence-corrected chi connectivity index (χ3v) is 3.90. The normalized spacial score (nSPS) is 13.1. The molecule has 0 aliphatic heterocycles. The Labute approximate surface area is 213 Å². The monoisotopic (exact) mass is 401 g/mol. The molecule has 1 rings (SSSR count). The van der Waals surface area contributed by atoms with Crippen LogP contribution in [0.2, 0.25) is 0 Å². The molecule has 0 atom stereocenters. The van der Waals surface area contributed by atoms with Gasteiger partial charge in [-0.3, -0.25) is 0 Å². The van der Waals surface area contributed by atoms with E-state index >= 15 is 0 Å². The van der Waals surface area contributed by atoms with Crippen LogP contribution in [0, 0.1) is 0 Å². The Morgan fingerprint density at radius 1 is 0.815 bits per heavy atom. The van der Waals surface area contributed by atoms with Gasteiger partial charge in [-0.1, -0.05) is 94.4 Å². The number of nitrogens with zero attached hydrogens (tertiary/aromatic N) is 1. The first-order valence-electron chi connectivity index (χ1n) is 10.6. The molecule has 3 heteroatoms. The molecule has 0 amide bonds. The molecule has 0 saturated heterocycles. The molecule has 0 aromatic carbocycles. The van der Waals surface area contributed by atoms with Crippen molar-refractivity contribution in [3.63, 3.8) is 0 Å². The summed E-state index contributed by atoms with van der Waals surface area (Å²) in [5, 5.41) is 11.6. The molecule has 0 aromatic heterocycles. The number of aliphatic hydroxyl groups excluding tert-OH is 1. The molecule has 0 heterocycles. The number of unbranched alkanes of at least 4 members (excludes halogenated alkanes) is 3. The molecule has 1 aliphatic carbocycles. The van der Waals surface area contributed by atoms with E-state index in [2.05, 4.69) is 55.3 Å². The Hall–Kier alpha value is 0.516. The average molecular weight is 402 g/mol. The molecule has 0 unspecified atom stereocenters. The van der Waals surface area contributed by atoms with E-state index in [-0.39, 0.29) is 58.0 Å². The molecule has 0 bridgehead atoms. The molecule has 1 N–H and O–H groups in total. The van der Waals surface area contributed by atoms with Crippen LogP contribution in [0.15, 0.2) is 49.1 Å². The smallest absolute Gasteiger partial charge is 0.663 e. The molecule has 0 radical (unpaired) electrons. The van der Waals surface area contributed by atoms with Crippen LogP contribution in [-0.2, 0) is 0 Å². The number of likely N-dealkylation sites (N-methyl/N-ethyl adjacent to an activating group) is 1. The zero-order valence-electron chi connectivity index (χ0n) is 18.5. The summed E-state index contributed by atoms with van der Waals surface area (Å²) >= 11 is 0. The Bertz CT molecular complexity index is 324. The number of allylic oxidation sites excluding steroid dienone is 7. The van der Waals surface area contributed by atoms with Crippen LogP contribution in [0.25, 0.3) is 5.32 Å². The molecule has 1 fully saturated rings. The molecule has 0 spiro atoms. The number of hydrogen-bond acceptors (Lipinski definition) is 1. The van der Waals surface area contributed by atoms with Crippen LogP contribution < -0.4 is 51.4 Å². The van der Waals surface area contributed by atoms with Gasteiger partial charge in [0.25, 0.3) is 0 Å². The average Bonchev–Trinajstić information content (AvgIpc) is 3.24. The third-order valence-electron chi connectivity index (χ3n) is 3.90. The molecular weight excluding hydrogens is 357 g/mol. The van der Waals surface area contributed by atoms with E-state index in [0.29, 0.717) is 6.54 Å². The Morgan fingerprint density at radius 3 is 1.67 bits per heavy atom. The summed E-state index contributed by atoms with van der Waals surface area (Å²) in [7, 11) is 1.68. The van der Waals surface area contributed by atoms with Crippen LogP contribution in [-0.4, -0.2) is 25.3 Å². The molecule has 1 aliphatic rings. The minimum Gasteiger partial charge on any atom is -0.663 e. The van der Waals surface area contributed by atoms with Crippen molar-refractivity contribution in [2.24, 2.45) is 0 Å². The van der Waals surface area contributed by atoms with Gasteiger partial charge >= 0.3 is 51.4 Å². The summed E-state index contributed by atoms with van der Waals surface area (Å²) in [6, 6.07) is 0. The largest absolute Gasteiger partial charge is 1.00 e. The first-order chi connectivity index (χ1) is 12.8. The predicted molar refractivity (Wildman–Crippen MR) is 120 cm³/mol. The van der Waals surface area contributed by atoms with Gasteiger partial charge in [0.05, 0.1) is 0 Å². The molecule has 2 nitrogen and oxygen atoms in total. The van der Waals surface area contributed by atoms with E-state index in [1.54, 1.807) is 7.05 Å². The zero-order valence-corrected chi connectivity index (χ0v) is 21.7. The second-order valence-electron chi connectivity index (χ2n) is 6.44. The van der Waals surface area contributed by atoms with Crippen LogP contribution in [0.4, 0.5) is 0 Å². The first-order valence-corrected chi connectivity index (χ1v) is 10.6. The van der Waals surface area contributed by atoms with Crippen molar-refractivity contribution in [2.45, 2.75) is 84.0 Å². The van der Waals surface area contributed by atoms with E-state index in [9.17, 15) is 0 Å². The van der Waals surface area contributed by atoms with Crippen molar-refractivity contribution in [3.8, 4) is 0 Å². The third kappa shape index (κ3) is 37.9. The van der Waals surface area contributed by atoms with Gasteiger partial charge in [0.15, 0.2) is 0 Å². The number of aliphatic hydroxyl groups is 1. The van der Waals surface area contributed by atoms with Crippen molar-refractivity contribution >= 4 is 0 Å². The van der Waals surface area contributed by atoms with Crippen LogP contribution >= 0.6 is 0 Å². The van der Waals surface area contributed by atoms with Crippen molar-refractivity contribution in [1.82, 2.24) is 0 Å². The van der Waals surface area contributed by atoms with Gasteiger partial charge in [0.2, 0.25) is 0 Å². The topological polar surface area (TPSA) is 34.3 Å². The van der Waals surface area contributed by atoms with Gasteiger partial charge in [-0.2, -0.15) is 7.05 Å². The fourth-order valence-electron chi connectivity index (χ4n) is 2.35. The van der Waals surface area contributed by atoms with Crippen molar-refractivity contribution in [2.75, 3.05) is 20.2 Å². The van der Waals surface area contributed by atoms with E-state index in [1.807, 2.05) is 6.08 Å². The predicted octanol–water partition coefficient (Wildman–Crippen LogP) is 4.53. The quantitative estimate of drug-likeness (QED) is 0.291. The fraction of sp³-hybridized carbons (Fsp3) is 0.667. The summed E-state index contributed by atoms with van der Waals surface area (Å²) in [6.07, 6.45) is 31.1. The summed E-state index contributed by atoms with van der Waals surface area (Å²) in [4.78, 5) is 0. The number of rotatable bonds is 12. The van der Waals surface area contributed by atoms with Crippen molar-refractivity contribution in [3.05, 3.63) is 54.4 Å². The van der Waals surface area contributed by atoms with Gasteiger partial charge in [-0.05, 0) is 32.1 Å². The Balaban J connectivity index is -0.000000425. The SMILES string of the molecule is C1CCCC1.C=CC/C=C\C/C=C\C/C=C\CCCCC.C[N-]CCO.[K+]. The van der Waals surface area contributed by atoms with E-state index < -0.39 is 0 Å². The maximum atomic E-state index is 7.97. The second kappa shape index (κ2) is 34.1. The maximum absolute atomic E-state index is 7.97. The molecule has 1 saturated carbocycles. The molecular formula is C24H44KNO. The summed E-state index contributed by atoms with van der Waals surface area (Å²) in [5.41, 5.74) is 0. The number of hydrogen-bond donors (Lipinski definition) is 1. The Morgan fingerprint density at radius 2 is 1.30 bits per heavy atom. The first kappa shape index (κ1) is 32.2. The van der Waals surface area contributed by atoms with Gasteiger partial charge in [-0.25, -0.2) is 0 Å². The standard InChI is InChI=1S/C16H26.C5H10.C3H8NO.K/c1-3-5-7-9-11-13-15-16-14-12-10-8-6-4-2;1-2-4-5-3-1;1-4-2-3-5;/h3,7,9,12-15H,1,4-6,8,10-11,16H2,2H3;1-5H2;5H,2-3H2,1H3;/q;;-1;+1/b9-7-,14-12-,15-13-;;;.